The lowest BCUT2D eigenvalue weighted by Gasteiger charge is -2.34. The van der Waals surface area contributed by atoms with Crippen molar-refractivity contribution in [3.63, 3.8) is 0 Å². The van der Waals surface area contributed by atoms with Gasteiger partial charge in [-0.3, -0.25) is 9.59 Å². The van der Waals surface area contributed by atoms with Gasteiger partial charge in [0.15, 0.2) is 0 Å². The number of nitrogens with one attached hydrogen (secondary N) is 1. The topological polar surface area (TPSA) is 75.2 Å². The van der Waals surface area contributed by atoms with Gasteiger partial charge in [0.2, 0.25) is 11.8 Å². The molecule has 1 N–H and O–H groups in total. The molecule has 2 aliphatic rings. The first-order valence-corrected chi connectivity index (χ1v) is 12.0. The van der Waals surface area contributed by atoms with Crippen molar-refractivity contribution < 1.29 is 9.59 Å². The van der Waals surface area contributed by atoms with Crippen molar-refractivity contribution in [2.45, 2.75) is 104 Å². The first-order valence-electron chi connectivity index (χ1n) is 12.0. The summed E-state index contributed by atoms with van der Waals surface area (Å²) in [5, 5.41) is 3.20. The van der Waals surface area contributed by atoms with Gasteiger partial charge in [0, 0.05) is 48.4 Å². The van der Waals surface area contributed by atoms with E-state index in [0.29, 0.717) is 25.4 Å². The Labute approximate surface area is 187 Å². The third-order valence-electron chi connectivity index (χ3n) is 6.57. The molecule has 0 radical (unpaired) electrons. The Kier molecular flexibility index (Phi) is 7.71. The number of aromatic nitrogens is 2. The number of piperidine rings is 1. The molecular weight excluding hydrogens is 388 g/mol. The second-order valence-electron chi connectivity index (χ2n) is 10.7. The highest BCUT2D eigenvalue weighted by molar-refractivity contribution is 5.79. The Hall–Kier alpha value is -1.98. The molecule has 6 heteroatoms. The smallest absolute Gasteiger partial charge is 0.224 e. The fourth-order valence-electron chi connectivity index (χ4n) is 4.87. The fraction of sp³-hybridized carbons (Fsp3) is 0.760. The molecule has 1 atom stereocenters. The van der Waals surface area contributed by atoms with Crippen LogP contribution in [0, 0.1) is 19.3 Å². The van der Waals surface area contributed by atoms with Crippen LogP contribution >= 0.6 is 0 Å². The van der Waals surface area contributed by atoms with Crippen molar-refractivity contribution >= 4 is 11.8 Å². The summed E-state index contributed by atoms with van der Waals surface area (Å²) in [5.74, 6) is 1.28. The van der Waals surface area contributed by atoms with Crippen molar-refractivity contribution in [1.82, 2.24) is 20.2 Å². The van der Waals surface area contributed by atoms with Gasteiger partial charge in [-0.25, -0.2) is 9.97 Å². The molecule has 2 fully saturated rings. The number of carbonyl (C=O) groups is 2. The van der Waals surface area contributed by atoms with Gasteiger partial charge in [0.25, 0.3) is 0 Å². The molecule has 1 aromatic heterocycles. The number of hydrogen-bond donors (Lipinski definition) is 1. The molecule has 0 bridgehead atoms. The number of rotatable bonds is 5. The maximum atomic E-state index is 12.7. The summed E-state index contributed by atoms with van der Waals surface area (Å²) >= 11 is 0. The maximum Gasteiger partial charge on any atom is 0.224 e. The fourth-order valence-corrected chi connectivity index (χ4v) is 4.87. The predicted molar refractivity (Wildman–Crippen MR) is 123 cm³/mol. The molecule has 1 aliphatic heterocycles. The van der Waals surface area contributed by atoms with Crippen LogP contribution < -0.4 is 5.32 Å². The standard InChI is InChI=1S/C25H40N4O2/c1-17-21(14-22(30)28-20-11-7-6-8-12-20)18(2)27-24(26-17)19-10-9-13-29(16-19)23(31)15-25(3,4)5/h19-20H,6-16H2,1-5H3,(H,28,30). The number of amides is 2. The highest BCUT2D eigenvalue weighted by atomic mass is 16.2. The van der Waals surface area contributed by atoms with Crippen LogP contribution in [-0.2, 0) is 16.0 Å². The molecule has 2 heterocycles. The Balaban J connectivity index is 1.65. The highest BCUT2D eigenvalue weighted by Gasteiger charge is 2.29. The minimum Gasteiger partial charge on any atom is -0.353 e. The lowest BCUT2D eigenvalue weighted by atomic mass is 9.90. The van der Waals surface area contributed by atoms with Crippen molar-refractivity contribution in [1.29, 1.82) is 0 Å². The minimum absolute atomic E-state index is 0.00640. The SMILES string of the molecule is Cc1nc(C2CCCN(C(=O)CC(C)(C)C)C2)nc(C)c1CC(=O)NC1CCCCC1. The van der Waals surface area contributed by atoms with E-state index in [9.17, 15) is 9.59 Å². The number of hydrogen-bond acceptors (Lipinski definition) is 4. The average Bonchev–Trinajstić information content (AvgIpc) is 2.70. The molecule has 2 amide bonds. The Bertz CT molecular complexity index is 770. The average molecular weight is 429 g/mol. The van der Waals surface area contributed by atoms with Crippen LogP contribution in [0.1, 0.15) is 101 Å². The van der Waals surface area contributed by atoms with Gasteiger partial charge in [-0.05, 0) is 44.9 Å². The number of carbonyl (C=O) groups excluding carboxylic acids is 2. The van der Waals surface area contributed by atoms with Gasteiger partial charge in [0.05, 0.1) is 6.42 Å². The molecule has 6 nitrogen and oxygen atoms in total. The predicted octanol–water partition coefficient (Wildman–Crippen LogP) is 4.23. The molecule has 1 saturated heterocycles. The van der Waals surface area contributed by atoms with Gasteiger partial charge in [-0.15, -0.1) is 0 Å². The maximum absolute atomic E-state index is 12.7. The zero-order chi connectivity index (χ0) is 22.6. The molecule has 3 rings (SSSR count). The second kappa shape index (κ2) is 10.1. The van der Waals surface area contributed by atoms with E-state index in [-0.39, 0.29) is 23.1 Å². The van der Waals surface area contributed by atoms with Gasteiger partial charge < -0.3 is 10.2 Å². The van der Waals surface area contributed by atoms with Crippen molar-refractivity contribution in [2.24, 2.45) is 5.41 Å². The van der Waals surface area contributed by atoms with Gasteiger partial charge in [-0.2, -0.15) is 0 Å². The summed E-state index contributed by atoms with van der Waals surface area (Å²) < 4.78 is 0. The summed E-state index contributed by atoms with van der Waals surface area (Å²) in [6, 6.07) is 0.320. The summed E-state index contributed by atoms with van der Waals surface area (Å²) in [7, 11) is 0. The van der Waals surface area contributed by atoms with Crippen molar-refractivity contribution in [3.05, 3.63) is 22.8 Å². The largest absolute Gasteiger partial charge is 0.353 e. The van der Waals surface area contributed by atoms with Crippen LogP contribution in [0.25, 0.3) is 0 Å². The lowest BCUT2D eigenvalue weighted by molar-refractivity contribution is -0.134. The number of likely N-dealkylation sites (tertiary alicyclic amines) is 1. The van der Waals surface area contributed by atoms with E-state index in [1.165, 1.54) is 19.3 Å². The molecule has 0 spiro atoms. The van der Waals surface area contributed by atoms with Crippen LogP contribution in [-0.4, -0.2) is 45.8 Å². The quantitative estimate of drug-likeness (QED) is 0.762. The van der Waals surface area contributed by atoms with Crippen LogP contribution in [0.2, 0.25) is 0 Å². The molecule has 1 unspecified atom stereocenters. The Morgan fingerprint density at radius 2 is 1.65 bits per heavy atom. The molecular formula is C25H40N4O2. The van der Waals surface area contributed by atoms with E-state index in [1.54, 1.807) is 0 Å². The molecule has 0 aromatic carbocycles. The summed E-state index contributed by atoms with van der Waals surface area (Å²) in [6.45, 7) is 11.8. The monoisotopic (exact) mass is 428 g/mol. The summed E-state index contributed by atoms with van der Waals surface area (Å²) in [5.41, 5.74) is 2.71. The zero-order valence-electron chi connectivity index (χ0n) is 20.1. The van der Waals surface area contributed by atoms with E-state index in [4.69, 9.17) is 9.97 Å². The van der Waals surface area contributed by atoms with Crippen molar-refractivity contribution in [2.75, 3.05) is 13.1 Å². The first-order chi connectivity index (χ1) is 14.6. The minimum atomic E-state index is -0.00640. The summed E-state index contributed by atoms with van der Waals surface area (Å²) in [4.78, 5) is 36.9. The van der Waals surface area contributed by atoms with E-state index >= 15 is 0 Å². The summed E-state index contributed by atoms with van der Waals surface area (Å²) in [6.07, 6.45) is 8.75. The molecule has 1 aromatic rings. The molecule has 1 aliphatic carbocycles. The van der Waals surface area contributed by atoms with Crippen LogP contribution in [0.5, 0.6) is 0 Å². The van der Waals surface area contributed by atoms with Crippen LogP contribution in [0.4, 0.5) is 0 Å². The van der Waals surface area contributed by atoms with Gasteiger partial charge >= 0.3 is 0 Å². The van der Waals surface area contributed by atoms with E-state index < -0.39 is 0 Å². The molecule has 1 saturated carbocycles. The van der Waals surface area contributed by atoms with Crippen molar-refractivity contribution in [3.8, 4) is 0 Å². The van der Waals surface area contributed by atoms with E-state index in [2.05, 4.69) is 26.1 Å². The normalized spacial score (nSPS) is 20.5. The molecule has 31 heavy (non-hydrogen) atoms. The van der Waals surface area contributed by atoms with Gasteiger partial charge in [-0.1, -0.05) is 40.0 Å². The van der Waals surface area contributed by atoms with Crippen LogP contribution in [0.3, 0.4) is 0 Å². The highest BCUT2D eigenvalue weighted by Crippen LogP contribution is 2.28. The van der Waals surface area contributed by atoms with E-state index in [1.807, 2.05) is 18.7 Å². The number of aryl methyl sites for hydroxylation is 2. The van der Waals surface area contributed by atoms with Crippen LogP contribution in [0.15, 0.2) is 0 Å². The molecule has 172 valence electrons. The lowest BCUT2D eigenvalue weighted by Crippen LogP contribution is -2.41. The third-order valence-corrected chi connectivity index (χ3v) is 6.57. The van der Waals surface area contributed by atoms with E-state index in [0.717, 1.165) is 55.0 Å². The third kappa shape index (κ3) is 6.75. The Morgan fingerprint density at radius 3 is 2.26 bits per heavy atom. The first kappa shape index (κ1) is 23.7. The second-order valence-corrected chi connectivity index (χ2v) is 10.7. The Morgan fingerprint density at radius 1 is 1.00 bits per heavy atom. The van der Waals surface area contributed by atoms with Gasteiger partial charge in [0.1, 0.15) is 5.82 Å². The zero-order valence-corrected chi connectivity index (χ0v) is 20.1. The number of nitrogens with zero attached hydrogens (tertiary/aromatic N) is 3.